The quantitative estimate of drug-likeness (QED) is 0.626. The summed E-state index contributed by atoms with van der Waals surface area (Å²) in [6.07, 6.45) is 6.44. The normalized spacial score (nSPS) is 34.1. The van der Waals surface area contributed by atoms with Gasteiger partial charge in [-0.3, -0.25) is 19.8 Å². The summed E-state index contributed by atoms with van der Waals surface area (Å²) < 4.78 is 0.768. The highest BCUT2D eigenvalue weighted by atomic mass is 79.9. The topological polar surface area (TPSA) is 66.5 Å². The van der Waals surface area contributed by atoms with Crippen LogP contribution in [0.25, 0.3) is 0 Å². The molecule has 1 aliphatic heterocycles. The Morgan fingerprint density at radius 3 is 2.29 bits per heavy atom. The number of carbonyl (C=O) groups is 3. The molecule has 1 spiro atoms. The van der Waals surface area contributed by atoms with Crippen molar-refractivity contribution < 1.29 is 14.4 Å². The zero-order valence-electron chi connectivity index (χ0n) is 12.7. The average molecular weight is 387 g/mol. The standard InChI is InChI=1S/C18H15BrN2O3/c19-10-3-1-2-9(8-10)15(22)20-21-16(23)13-11-4-5-12(14(13)17(21)24)18(11)6-7-18/h1-5,8,11-14H,6-7H2,(H,20,22)/t11-,12-,13-,14-/m1/s1. The van der Waals surface area contributed by atoms with Crippen molar-refractivity contribution in [2.24, 2.45) is 29.1 Å². The van der Waals surface area contributed by atoms with Crippen LogP contribution < -0.4 is 5.43 Å². The fraction of sp³-hybridized carbons (Fsp3) is 0.389. The molecule has 3 aliphatic carbocycles. The van der Waals surface area contributed by atoms with Gasteiger partial charge in [0.1, 0.15) is 0 Å². The second-order valence-corrected chi connectivity index (χ2v) is 8.10. The molecule has 1 saturated heterocycles. The number of nitrogens with one attached hydrogen (secondary N) is 1. The number of amides is 3. The predicted molar refractivity (Wildman–Crippen MR) is 88.2 cm³/mol. The number of hydrogen-bond acceptors (Lipinski definition) is 3. The Morgan fingerprint density at radius 1 is 1.12 bits per heavy atom. The molecule has 5 nitrogen and oxygen atoms in total. The summed E-state index contributed by atoms with van der Waals surface area (Å²) in [5, 5.41) is 0.959. The summed E-state index contributed by atoms with van der Waals surface area (Å²) in [5.41, 5.74) is 3.09. The first kappa shape index (κ1) is 14.4. The van der Waals surface area contributed by atoms with E-state index in [4.69, 9.17) is 0 Å². The Morgan fingerprint density at radius 2 is 1.75 bits per heavy atom. The third-order valence-electron chi connectivity index (χ3n) is 6.15. The molecule has 0 unspecified atom stereocenters. The van der Waals surface area contributed by atoms with E-state index in [1.54, 1.807) is 18.2 Å². The van der Waals surface area contributed by atoms with E-state index in [1.165, 1.54) is 0 Å². The maximum Gasteiger partial charge on any atom is 0.270 e. The van der Waals surface area contributed by atoms with Gasteiger partial charge >= 0.3 is 0 Å². The average Bonchev–Trinajstić information content (AvgIpc) is 3.17. The molecule has 0 radical (unpaired) electrons. The third kappa shape index (κ3) is 1.67. The highest BCUT2D eigenvalue weighted by Crippen LogP contribution is 2.73. The van der Waals surface area contributed by atoms with Crippen LogP contribution in [-0.4, -0.2) is 22.7 Å². The van der Waals surface area contributed by atoms with Crippen molar-refractivity contribution in [2.75, 3.05) is 0 Å². The highest BCUT2D eigenvalue weighted by molar-refractivity contribution is 9.10. The van der Waals surface area contributed by atoms with Crippen LogP contribution in [0.15, 0.2) is 40.9 Å². The van der Waals surface area contributed by atoms with Gasteiger partial charge in [0.2, 0.25) is 0 Å². The molecule has 1 N–H and O–H groups in total. The fourth-order valence-electron chi connectivity index (χ4n) is 4.98. The van der Waals surface area contributed by atoms with E-state index < -0.39 is 5.91 Å². The first-order chi connectivity index (χ1) is 11.5. The van der Waals surface area contributed by atoms with E-state index in [1.807, 2.05) is 6.07 Å². The summed E-state index contributed by atoms with van der Waals surface area (Å²) in [6, 6.07) is 6.86. The van der Waals surface area contributed by atoms with Crippen molar-refractivity contribution >= 4 is 33.7 Å². The van der Waals surface area contributed by atoms with Gasteiger partial charge in [0.25, 0.3) is 17.7 Å². The first-order valence-electron chi connectivity index (χ1n) is 8.16. The number of nitrogens with zero attached hydrogens (tertiary/aromatic N) is 1. The van der Waals surface area contributed by atoms with Crippen LogP contribution in [-0.2, 0) is 9.59 Å². The van der Waals surface area contributed by atoms with Gasteiger partial charge in [-0.1, -0.05) is 34.1 Å². The van der Waals surface area contributed by atoms with Crippen molar-refractivity contribution in [3.05, 3.63) is 46.5 Å². The molecule has 1 heterocycles. The molecule has 2 bridgehead atoms. The Balaban J connectivity index is 1.41. The van der Waals surface area contributed by atoms with Crippen molar-refractivity contribution in [1.82, 2.24) is 10.4 Å². The van der Waals surface area contributed by atoms with E-state index in [9.17, 15) is 14.4 Å². The largest absolute Gasteiger partial charge is 0.272 e. The summed E-state index contributed by atoms with van der Waals surface area (Å²) in [4.78, 5) is 38.0. The van der Waals surface area contributed by atoms with Gasteiger partial charge < -0.3 is 0 Å². The van der Waals surface area contributed by atoms with Gasteiger partial charge in [0, 0.05) is 10.0 Å². The lowest BCUT2D eigenvalue weighted by atomic mass is 9.85. The second kappa shape index (κ2) is 4.57. The van der Waals surface area contributed by atoms with Gasteiger partial charge in [0.05, 0.1) is 11.8 Å². The van der Waals surface area contributed by atoms with E-state index >= 15 is 0 Å². The molecule has 1 aromatic rings. The molecule has 1 aromatic carbocycles. The third-order valence-corrected chi connectivity index (χ3v) is 6.65. The van der Waals surface area contributed by atoms with E-state index in [0.29, 0.717) is 5.56 Å². The lowest BCUT2D eigenvalue weighted by Gasteiger charge is -2.22. The molecule has 5 rings (SSSR count). The highest BCUT2D eigenvalue weighted by Gasteiger charge is 2.73. The molecule has 6 heteroatoms. The minimum absolute atomic E-state index is 0.164. The maximum absolute atomic E-state index is 12.8. The molecule has 4 atom stereocenters. The van der Waals surface area contributed by atoms with Crippen LogP contribution in [0.5, 0.6) is 0 Å². The summed E-state index contributed by atoms with van der Waals surface area (Å²) >= 11 is 3.31. The number of halogens is 1. The first-order valence-corrected chi connectivity index (χ1v) is 8.95. The van der Waals surface area contributed by atoms with Crippen LogP contribution in [0.4, 0.5) is 0 Å². The van der Waals surface area contributed by atoms with Crippen LogP contribution in [0, 0.1) is 29.1 Å². The van der Waals surface area contributed by atoms with Crippen LogP contribution in [0.2, 0.25) is 0 Å². The number of rotatable bonds is 2. The minimum Gasteiger partial charge on any atom is -0.272 e. The Kier molecular flexibility index (Phi) is 2.74. The lowest BCUT2D eigenvalue weighted by molar-refractivity contribution is -0.144. The number of fused-ring (bicyclic) bond motifs is 3. The van der Waals surface area contributed by atoms with Crippen molar-refractivity contribution in [1.29, 1.82) is 0 Å². The van der Waals surface area contributed by atoms with Gasteiger partial charge in [-0.2, -0.15) is 5.01 Å². The molecule has 3 amide bonds. The molecule has 24 heavy (non-hydrogen) atoms. The van der Waals surface area contributed by atoms with E-state index in [2.05, 4.69) is 33.5 Å². The fourth-order valence-corrected chi connectivity index (χ4v) is 5.38. The van der Waals surface area contributed by atoms with Crippen LogP contribution in [0.1, 0.15) is 23.2 Å². The van der Waals surface area contributed by atoms with Crippen molar-refractivity contribution in [3.8, 4) is 0 Å². The van der Waals surface area contributed by atoms with E-state index in [-0.39, 0.29) is 40.9 Å². The Bertz CT molecular complexity index is 795. The number of benzene rings is 1. The summed E-state index contributed by atoms with van der Waals surface area (Å²) in [5.74, 6) is -1.21. The van der Waals surface area contributed by atoms with Crippen molar-refractivity contribution in [3.63, 3.8) is 0 Å². The summed E-state index contributed by atoms with van der Waals surface area (Å²) in [6.45, 7) is 0. The number of hydrazine groups is 1. The minimum atomic E-state index is -0.445. The zero-order valence-corrected chi connectivity index (χ0v) is 14.3. The molecule has 122 valence electrons. The lowest BCUT2D eigenvalue weighted by Crippen LogP contribution is -2.47. The number of carbonyl (C=O) groups excluding carboxylic acids is 3. The molecular formula is C18H15BrN2O3. The van der Waals surface area contributed by atoms with Gasteiger partial charge in [0.15, 0.2) is 0 Å². The Labute approximate surface area is 147 Å². The Hall–Kier alpha value is -1.95. The second-order valence-electron chi connectivity index (χ2n) is 7.18. The van der Waals surface area contributed by atoms with Gasteiger partial charge in [-0.15, -0.1) is 0 Å². The molecule has 2 saturated carbocycles. The maximum atomic E-state index is 12.8. The molecular weight excluding hydrogens is 372 g/mol. The smallest absolute Gasteiger partial charge is 0.270 e. The van der Waals surface area contributed by atoms with Gasteiger partial charge in [-0.25, -0.2) is 0 Å². The molecule has 4 aliphatic rings. The van der Waals surface area contributed by atoms with Crippen molar-refractivity contribution in [2.45, 2.75) is 12.8 Å². The number of hydrogen-bond donors (Lipinski definition) is 1. The number of imide groups is 1. The SMILES string of the molecule is O=C(NN1C(=O)[C@H]2[C@H](C1=O)[C@H]1C=C[C@H]2C12CC2)c1cccc(Br)c1. The van der Waals surface area contributed by atoms with Gasteiger partial charge in [-0.05, 0) is 48.3 Å². The zero-order chi connectivity index (χ0) is 16.6. The monoisotopic (exact) mass is 386 g/mol. The van der Waals surface area contributed by atoms with E-state index in [0.717, 1.165) is 22.3 Å². The predicted octanol–water partition coefficient (Wildman–Crippen LogP) is 2.29. The van der Waals surface area contributed by atoms with Crippen LogP contribution in [0.3, 0.4) is 0 Å². The molecule has 0 aromatic heterocycles. The molecule has 3 fully saturated rings. The van der Waals surface area contributed by atoms with Crippen LogP contribution >= 0.6 is 15.9 Å². The summed E-state index contributed by atoms with van der Waals surface area (Å²) in [7, 11) is 0. The number of allylic oxidation sites excluding steroid dienone is 2.